The minimum atomic E-state index is 0.0364. The van der Waals surface area contributed by atoms with Gasteiger partial charge in [-0.2, -0.15) is 0 Å². The zero-order chi connectivity index (χ0) is 20.4. The summed E-state index contributed by atoms with van der Waals surface area (Å²) in [7, 11) is 3.29. The van der Waals surface area contributed by atoms with E-state index in [0.717, 1.165) is 28.4 Å². The molecule has 1 aliphatic rings. The topological polar surface area (TPSA) is 73.3 Å². The number of nitrogens with zero attached hydrogens (tertiary/aromatic N) is 2. The van der Waals surface area contributed by atoms with Gasteiger partial charge >= 0.3 is 0 Å². The van der Waals surface area contributed by atoms with Crippen LogP contribution in [0.5, 0.6) is 11.5 Å². The molecule has 1 aliphatic carbocycles. The summed E-state index contributed by atoms with van der Waals surface area (Å²) in [5.41, 5.74) is 4.02. The normalized spacial score (nSPS) is 15.6. The average Bonchev–Trinajstić information content (AvgIpc) is 2.73. The lowest BCUT2D eigenvalue weighted by molar-refractivity contribution is 0.0961. The molecule has 0 aliphatic heterocycles. The molecule has 4 rings (SSSR count). The number of aryl methyl sites for hydroxylation is 1. The van der Waals surface area contributed by atoms with E-state index in [4.69, 9.17) is 9.47 Å². The largest absolute Gasteiger partial charge is 0.497 e. The third-order valence-corrected chi connectivity index (χ3v) is 5.24. The predicted octanol–water partition coefficient (Wildman–Crippen LogP) is 4.46. The van der Waals surface area contributed by atoms with E-state index in [1.54, 1.807) is 14.2 Å². The molecular formula is C23H23N3O3. The zero-order valence-corrected chi connectivity index (χ0v) is 16.7. The van der Waals surface area contributed by atoms with E-state index < -0.39 is 0 Å². The molecule has 2 aromatic carbocycles. The Morgan fingerprint density at radius 1 is 0.966 bits per heavy atom. The van der Waals surface area contributed by atoms with Gasteiger partial charge in [0.2, 0.25) is 5.95 Å². The van der Waals surface area contributed by atoms with Crippen molar-refractivity contribution in [1.82, 2.24) is 9.97 Å². The second-order valence-electron chi connectivity index (χ2n) is 7.08. The fourth-order valence-corrected chi connectivity index (χ4v) is 3.86. The third kappa shape index (κ3) is 3.78. The van der Waals surface area contributed by atoms with Crippen LogP contribution in [-0.2, 0) is 6.42 Å². The Kier molecular flexibility index (Phi) is 5.16. The van der Waals surface area contributed by atoms with Gasteiger partial charge in [0.15, 0.2) is 5.78 Å². The summed E-state index contributed by atoms with van der Waals surface area (Å²) >= 11 is 0. The number of rotatable bonds is 5. The second kappa shape index (κ2) is 7.91. The van der Waals surface area contributed by atoms with Crippen molar-refractivity contribution >= 4 is 17.4 Å². The van der Waals surface area contributed by atoms with E-state index in [9.17, 15) is 4.79 Å². The first kappa shape index (κ1) is 18.9. The maximum atomic E-state index is 12.9. The molecule has 0 radical (unpaired) electrons. The molecule has 0 bridgehead atoms. The number of aromatic nitrogens is 2. The first-order valence-corrected chi connectivity index (χ1v) is 9.53. The van der Waals surface area contributed by atoms with Gasteiger partial charge < -0.3 is 14.8 Å². The van der Waals surface area contributed by atoms with Gasteiger partial charge in [-0.25, -0.2) is 9.97 Å². The summed E-state index contributed by atoms with van der Waals surface area (Å²) in [5, 5.41) is 3.22. The number of Topliss-reactive ketones (excluding diaryl/α,β-unsaturated/α-hetero) is 1. The van der Waals surface area contributed by atoms with E-state index in [0.29, 0.717) is 30.0 Å². The lowest BCUT2D eigenvalue weighted by Crippen LogP contribution is -2.23. The standard InChI is InChI=1S/C23H23N3O3/c1-14-22-19(26-23(24-14)25-16-8-10-17(28-2)11-9-16)12-15(13-20(22)27)18-6-4-5-7-21(18)29-3/h4-11,15H,12-13H2,1-3H3,(H,24,25,26). The van der Waals surface area contributed by atoms with Crippen LogP contribution in [0.25, 0.3) is 0 Å². The van der Waals surface area contributed by atoms with Crippen molar-refractivity contribution in [1.29, 1.82) is 0 Å². The average molecular weight is 389 g/mol. The molecule has 0 fully saturated rings. The summed E-state index contributed by atoms with van der Waals surface area (Å²) in [4.78, 5) is 22.1. The zero-order valence-electron chi connectivity index (χ0n) is 16.7. The smallest absolute Gasteiger partial charge is 0.227 e. The number of ether oxygens (including phenoxy) is 2. The molecule has 1 aromatic heterocycles. The summed E-state index contributed by atoms with van der Waals surface area (Å²) in [6.45, 7) is 1.86. The summed E-state index contributed by atoms with van der Waals surface area (Å²) in [5.74, 6) is 2.18. The van der Waals surface area contributed by atoms with E-state index in [-0.39, 0.29) is 11.7 Å². The fraction of sp³-hybridized carbons (Fsp3) is 0.261. The molecule has 0 saturated heterocycles. The van der Waals surface area contributed by atoms with Crippen molar-refractivity contribution in [2.24, 2.45) is 0 Å². The molecule has 148 valence electrons. The van der Waals surface area contributed by atoms with Crippen LogP contribution in [-0.4, -0.2) is 30.0 Å². The number of methoxy groups -OCH3 is 2. The lowest BCUT2D eigenvalue weighted by atomic mass is 9.81. The van der Waals surface area contributed by atoms with Crippen LogP contribution >= 0.6 is 0 Å². The number of carbonyl (C=O) groups is 1. The van der Waals surface area contributed by atoms with Gasteiger partial charge in [-0.1, -0.05) is 18.2 Å². The monoisotopic (exact) mass is 389 g/mol. The number of fused-ring (bicyclic) bond motifs is 1. The van der Waals surface area contributed by atoms with Crippen molar-refractivity contribution < 1.29 is 14.3 Å². The van der Waals surface area contributed by atoms with Crippen molar-refractivity contribution in [2.75, 3.05) is 19.5 Å². The van der Waals surface area contributed by atoms with Crippen molar-refractivity contribution in [3.05, 3.63) is 71.0 Å². The van der Waals surface area contributed by atoms with Gasteiger partial charge in [0.05, 0.1) is 31.2 Å². The number of hydrogen-bond donors (Lipinski definition) is 1. The van der Waals surface area contributed by atoms with Crippen LogP contribution in [0.2, 0.25) is 0 Å². The van der Waals surface area contributed by atoms with Crippen LogP contribution in [0.3, 0.4) is 0 Å². The second-order valence-corrected chi connectivity index (χ2v) is 7.08. The van der Waals surface area contributed by atoms with Gasteiger partial charge in [-0.3, -0.25) is 4.79 Å². The van der Waals surface area contributed by atoms with Gasteiger partial charge in [0.25, 0.3) is 0 Å². The minimum Gasteiger partial charge on any atom is -0.497 e. The van der Waals surface area contributed by atoms with Crippen LogP contribution in [0.1, 0.15) is 39.6 Å². The van der Waals surface area contributed by atoms with E-state index in [2.05, 4.69) is 15.3 Å². The Morgan fingerprint density at radius 2 is 1.72 bits per heavy atom. The summed E-state index contributed by atoms with van der Waals surface area (Å²) < 4.78 is 10.7. The number of ketones is 1. The molecule has 6 nitrogen and oxygen atoms in total. The summed E-state index contributed by atoms with van der Waals surface area (Å²) in [6.07, 6.45) is 1.10. The number of benzene rings is 2. The molecular weight excluding hydrogens is 366 g/mol. The van der Waals surface area contributed by atoms with Gasteiger partial charge in [0.1, 0.15) is 11.5 Å². The molecule has 3 aromatic rings. The number of hydrogen-bond acceptors (Lipinski definition) is 6. The lowest BCUT2D eigenvalue weighted by Gasteiger charge is -2.25. The Labute approximate surface area is 169 Å². The highest BCUT2D eigenvalue weighted by Gasteiger charge is 2.31. The first-order chi connectivity index (χ1) is 14.1. The van der Waals surface area contributed by atoms with Crippen molar-refractivity contribution in [3.63, 3.8) is 0 Å². The summed E-state index contributed by atoms with van der Waals surface area (Å²) in [6, 6.07) is 15.4. The SMILES string of the molecule is COc1ccc(Nc2nc(C)c3c(n2)CC(c2ccccc2OC)CC3=O)cc1. The molecule has 0 amide bonds. The highest BCUT2D eigenvalue weighted by Crippen LogP contribution is 2.37. The Morgan fingerprint density at radius 3 is 2.45 bits per heavy atom. The van der Waals surface area contributed by atoms with Gasteiger partial charge in [0, 0.05) is 18.0 Å². The Balaban J connectivity index is 1.65. The van der Waals surface area contributed by atoms with E-state index in [1.807, 2.05) is 55.5 Å². The minimum absolute atomic E-state index is 0.0364. The quantitative estimate of drug-likeness (QED) is 0.695. The molecule has 1 N–H and O–H groups in total. The van der Waals surface area contributed by atoms with E-state index in [1.165, 1.54) is 0 Å². The van der Waals surface area contributed by atoms with Crippen molar-refractivity contribution in [2.45, 2.75) is 25.7 Å². The fourth-order valence-electron chi connectivity index (χ4n) is 3.86. The van der Waals surface area contributed by atoms with Crippen molar-refractivity contribution in [3.8, 4) is 11.5 Å². The highest BCUT2D eigenvalue weighted by atomic mass is 16.5. The molecule has 0 saturated carbocycles. The molecule has 1 atom stereocenters. The molecule has 0 spiro atoms. The Hall–Kier alpha value is -3.41. The number of para-hydroxylation sites is 1. The molecule has 1 heterocycles. The van der Waals surface area contributed by atoms with Gasteiger partial charge in [-0.15, -0.1) is 0 Å². The maximum absolute atomic E-state index is 12.9. The van der Waals surface area contributed by atoms with Crippen LogP contribution in [0, 0.1) is 6.92 Å². The number of anilines is 2. The third-order valence-electron chi connectivity index (χ3n) is 5.24. The van der Waals surface area contributed by atoms with Crippen LogP contribution < -0.4 is 14.8 Å². The number of nitrogens with one attached hydrogen (secondary N) is 1. The van der Waals surface area contributed by atoms with Gasteiger partial charge in [-0.05, 0) is 49.2 Å². The van der Waals surface area contributed by atoms with Crippen LogP contribution in [0.15, 0.2) is 48.5 Å². The van der Waals surface area contributed by atoms with E-state index >= 15 is 0 Å². The van der Waals surface area contributed by atoms with Crippen LogP contribution in [0.4, 0.5) is 11.6 Å². The maximum Gasteiger partial charge on any atom is 0.227 e. The first-order valence-electron chi connectivity index (χ1n) is 9.53. The molecule has 29 heavy (non-hydrogen) atoms. The predicted molar refractivity (Wildman–Crippen MR) is 111 cm³/mol. The molecule has 6 heteroatoms. The molecule has 1 unspecified atom stereocenters. The Bertz CT molecular complexity index is 1050. The highest BCUT2D eigenvalue weighted by molar-refractivity contribution is 6.00. The number of carbonyl (C=O) groups excluding carboxylic acids is 1.